The number of sulfonamides is 1. The van der Waals surface area contributed by atoms with Crippen LogP contribution in [0.5, 0.6) is 0 Å². The SMILES string of the molecule is CC(C)(C)CCN1C(=O)C(C2=N[P+](O)(O)c3cc(NS(C)(=O)=O)ccc3N2)=C(O)[C@@H]1C(C)(C)C. The zero-order valence-corrected chi connectivity index (χ0v) is 22.3. The lowest BCUT2D eigenvalue weighted by molar-refractivity contribution is -0.128. The van der Waals surface area contributed by atoms with E-state index in [1.54, 1.807) is 4.90 Å². The topological polar surface area (TPSA) is 152 Å². The van der Waals surface area contributed by atoms with Crippen LogP contribution >= 0.6 is 7.87 Å². The zero-order chi connectivity index (χ0) is 25.9. The van der Waals surface area contributed by atoms with Crippen molar-refractivity contribution in [1.29, 1.82) is 0 Å². The highest BCUT2D eigenvalue weighted by molar-refractivity contribution is 7.92. The summed E-state index contributed by atoms with van der Waals surface area (Å²) in [4.78, 5) is 36.7. The number of aliphatic hydroxyl groups excluding tert-OH is 1. The minimum Gasteiger partial charge on any atom is -0.509 e. The van der Waals surface area contributed by atoms with E-state index in [1.807, 2.05) is 20.8 Å². The van der Waals surface area contributed by atoms with Crippen LogP contribution in [-0.2, 0) is 14.8 Å². The van der Waals surface area contributed by atoms with Gasteiger partial charge in [-0.25, -0.2) is 8.42 Å². The molecule has 0 radical (unpaired) electrons. The van der Waals surface area contributed by atoms with Gasteiger partial charge in [-0.05, 0) is 34.1 Å². The van der Waals surface area contributed by atoms with E-state index in [9.17, 15) is 28.1 Å². The molecule has 34 heavy (non-hydrogen) atoms. The van der Waals surface area contributed by atoms with Crippen LogP contribution in [0.1, 0.15) is 48.0 Å². The Balaban J connectivity index is 2.02. The van der Waals surface area contributed by atoms with E-state index in [2.05, 4.69) is 35.6 Å². The predicted molar refractivity (Wildman–Crippen MR) is 136 cm³/mol. The summed E-state index contributed by atoms with van der Waals surface area (Å²) in [6.07, 6.45) is 1.70. The molecule has 1 aromatic rings. The van der Waals surface area contributed by atoms with Gasteiger partial charge in [0.05, 0.1) is 23.7 Å². The molecule has 188 valence electrons. The molecule has 1 aromatic carbocycles. The van der Waals surface area contributed by atoms with E-state index in [-0.39, 0.29) is 39.3 Å². The molecule has 0 spiro atoms. The molecule has 2 heterocycles. The van der Waals surface area contributed by atoms with Crippen LogP contribution in [-0.4, -0.2) is 58.8 Å². The van der Waals surface area contributed by atoms with Gasteiger partial charge in [-0.2, -0.15) is 9.79 Å². The number of nitrogens with zero attached hydrogens (tertiary/aromatic N) is 2. The third kappa shape index (κ3) is 5.54. The zero-order valence-electron chi connectivity index (χ0n) is 20.5. The van der Waals surface area contributed by atoms with E-state index in [0.29, 0.717) is 13.0 Å². The number of aliphatic hydroxyl groups is 1. The summed E-state index contributed by atoms with van der Waals surface area (Å²) in [6.45, 7) is 12.4. The van der Waals surface area contributed by atoms with Gasteiger partial charge in [0, 0.05) is 12.6 Å². The van der Waals surface area contributed by atoms with Crippen molar-refractivity contribution in [2.24, 2.45) is 15.6 Å². The Bertz CT molecular complexity index is 1180. The summed E-state index contributed by atoms with van der Waals surface area (Å²) in [5.41, 5.74) is -0.200. The Labute approximate surface area is 201 Å². The minimum absolute atomic E-state index is 0.00685. The molecule has 0 saturated carbocycles. The molecule has 1 atom stereocenters. The summed E-state index contributed by atoms with van der Waals surface area (Å²) in [5.74, 6) is -0.729. The molecular weight excluding hydrogens is 479 g/mol. The van der Waals surface area contributed by atoms with Gasteiger partial charge in [0.2, 0.25) is 15.3 Å². The maximum absolute atomic E-state index is 13.5. The third-order valence-corrected chi connectivity index (χ3v) is 7.68. The van der Waals surface area contributed by atoms with Gasteiger partial charge >= 0.3 is 7.87 Å². The first-order valence-corrected chi connectivity index (χ1v) is 14.4. The number of benzene rings is 1. The Hall–Kier alpha value is -2.20. The highest BCUT2D eigenvalue weighted by Crippen LogP contribution is 2.55. The van der Waals surface area contributed by atoms with Gasteiger partial charge < -0.3 is 15.3 Å². The van der Waals surface area contributed by atoms with Crippen molar-refractivity contribution in [2.75, 3.05) is 22.8 Å². The first-order chi connectivity index (χ1) is 15.3. The van der Waals surface area contributed by atoms with Crippen LogP contribution in [0.25, 0.3) is 0 Å². The van der Waals surface area contributed by atoms with Crippen molar-refractivity contribution in [3.63, 3.8) is 0 Å². The van der Waals surface area contributed by atoms with E-state index < -0.39 is 35.3 Å². The molecule has 10 nitrogen and oxygen atoms in total. The average Bonchev–Trinajstić information content (AvgIpc) is 2.88. The summed E-state index contributed by atoms with van der Waals surface area (Å²) >= 11 is 0. The van der Waals surface area contributed by atoms with Crippen molar-refractivity contribution in [2.45, 2.75) is 54.0 Å². The fourth-order valence-corrected chi connectivity index (χ4v) is 5.92. The number of hydrogen-bond acceptors (Lipinski definition) is 8. The third-order valence-electron chi connectivity index (χ3n) is 5.58. The quantitative estimate of drug-likeness (QED) is 0.380. The first-order valence-electron chi connectivity index (χ1n) is 10.9. The number of nitrogens with one attached hydrogen (secondary N) is 2. The number of hydrogen-bond donors (Lipinski definition) is 5. The van der Waals surface area contributed by atoms with Crippen LogP contribution in [0.2, 0.25) is 0 Å². The highest BCUT2D eigenvalue weighted by atomic mass is 32.2. The number of carbonyl (C=O) groups excluding carboxylic acids is 1. The number of anilines is 2. The Morgan fingerprint density at radius 2 is 1.79 bits per heavy atom. The monoisotopic (exact) mass is 513 g/mol. The van der Waals surface area contributed by atoms with E-state index in [4.69, 9.17) is 0 Å². The number of carbonyl (C=O) groups is 1. The van der Waals surface area contributed by atoms with Gasteiger partial charge in [0.1, 0.15) is 11.3 Å². The number of fused-ring (bicyclic) bond motifs is 1. The summed E-state index contributed by atoms with van der Waals surface area (Å²) in [7, 11) is -7.70. The van der Waals surface area contributed by atoms with Gasteiger partial charge in [-0.3, -0.25) is 9.52 Å². The van der Waals surface area contributed by atoms with E-state index in [1.165, 1.54) is 18.2 Å². The molecule has 2 aliphatic heterocycles. The number of amidine groups is 1. The van der Waals surface area contributed by atoms with Crippen molar-refractivity contribution in [3.05, 3.63) is 29.5 Å². The molecule has 3 rings (SSSR count). The summed E-state index contributed by atoms with van der Waals surface area (Å²) < 4.78 is 29.4. The molecule has 0 unspecified atom stereocenters. The van der Waals surface area contributed by atoms with Crippen LogP contribution in [0.15, 0.2) is 34.3 Å². The average molecular weight is 514 g/mol. The normalized spacial score (nSPS) is 20.7. The molecule has 5 N–H and O–H groups in total. The van der Waals surface area contributed by atoms with Crippen molar-refractivity contribution >= 4 is 46.3 Å². The second-order valence-corrected chi connectivity index (χ2v) is 14.7. The van der Waals surface area contributed by atoms with Gasteiger partial charge in [0.25, 0.3) is 5.91 Å². The predicted octanol–water partition coefficient (Wildman–Crippen LogP) is 2.76. The standard InChI is InChI=1S/C22H33N4O6PS/c1-21(2,3)10-11-26-18(22(4,5)6)17(27)16(20(26)28)19-23-14-9-8-13(25-34(7,31)32)12-15(14)33(29,30)24-19/h8-9,12,18,25,29-30H,10-11H2,1-7H3,(H-,23,24,27,28)/p+1/t18-/m1/s1. The lowest BCUT2D eigenvalue weighted by Crippen LogP contribution is -2.45. The van der Waals surface area contributed by atoms with E-state index >= 15 is 0 Å². The van der Waals surface area contributed by atoms with Crippen molar-refractivity contribution < 1.29 is 28.1 Å². The molecule has 0 saturated heterocycles. The van der Waals surface area contributed by atoms with Crippen LogP contribution < -0.4 is 15.3 Å². The molecule has 0 aliphatic carbocycles. The second kappa shape index (κ2) is 8.48. The van der Waals surface area contributed by atoms with Gasteiger partial charge in [0.15, 0.2) is 5.84 Å². The Morgan fingerprint density at radius 1 is 1.18 bits per heavy atom. The molecule has 0 aromatic heterocycles. The van der Waals surface area contributed by atoms with Gasteiger partial charge in [-0.1, -0.05) is 41.5 Å². The Kier molecular flexibility index (Phi) is 6.58. The number of rotatable bonds is 5. The summed E-state index contributed by atoms with van der Waals surface area (Å²) in [5, 5.41) is 14.1. The smallest absolute Gasteiger partial charge is 0.429 e. The van der Waals surface area contributed by atoms with E-state index in [0.717, 1.165) is 6.26 Å². The van der Waals surface area contributed by atoms with Crippen molar-refractivity contribution in [3.8, 4) is 0 Å². The minimum atomic E-state index is -4.13. The fourth-order valence-electron chi connectivity index (χ4n) is 4.06. The van der Waals surface area contributed by atoms with Crippen LogP contribution in [0.3, 0.4) is 0 Å². The molecule has 12 heteroatoms. The fraction of sp³-hybridized carbons (Fsp3) is 0.545. The lowest BCUT2D eigenvalue weighted by atomic mass is 9.84. The van der Waals surface area contributed by atoms with Crippen LogP contribution in [0, 0.1) is 10.8 Å². The summed E-state index contributed by atoms with van der Waals surface area (Å²) in [6, 6.07) is 3.60. The molecule has 0 fully saturated rings. The Morgan fingerprint density at radius 3 is 2.32 bits per heavy atom. The maximum atomic E-state index is 13.5. The molecule has 2 aliphatic rings. The lowest BCUT2D eigenvalue weighted by Gasteiger charge is -2.36. The largest absolute Gasteiger partial charge is 0.509 e. The van der Waals surface area contributed by atoms with Crippen LogP contribution in [0.4, 0.5) is 11.4 Å². The number of amides is 1. The molecule has 1 amide bonds. The first kappa shape index (κ1) is 26.4. The maximum Gasteiger partial charge on any atom is 0.429 e. The van der Waals surface area contributed by atoms with Crippen molar-refractivity contribution in [1.82, 2.24) is 4.90 Å². The highest BCUT2D eigenvalue weighted by Gasteiger charge is 2.51. The van der Waals surface area contributed by atoms with Gasteiger partial charge in [-0.15, -0.1) is 0 Å². The molecule has 0 bridgehead atoms. The second-order valence-electron chi connectivity index (χ2n) is 11.1. The molecular formula is C22H34N4O6PS+.